The van der Waals surface area contributed by atoms with Gasteiger partial charge in [0.05, 0.1) is 0 Å². The number of hydrogen-bond acceptors (Lipinski definition) is 3. The van der Waals surface area contributed by atoms with Crippen LogP contribution in [0.5, 0.6) is 0 Å². The van der Waals surface area contributed by atoms with Crippen LogP contribution in [0.1, 0.15) is 38.2 Å². The molecule has 3 unspecified atom stereocenters. The number of likely N-dealkylation sites (tertiary alicyclic amines) is 2. The van der Waals surface area contributed by atoms with Gasteiger partial charge in [-0.1, -0.05) is 37.3 Å². The first kappa shape index (κ1) is 19.2. The van der Waals surface area contributed by atoms with Crippen LogP contribution in [-0.2, 0) is 6.54 Å². The summed E-state index contributed by atoms with van der Waals surface area (Å²) >= 11 is 0. The normalized spacial score (nSPS) is 33.6. The Hall–Kier alpha value is -0.610. The van der Waals surface area contributed by atoms with Crippen LogP contribution in [0.25, 0.3) is 0 Å². The monoisotopic (exact) mass is 363 g/mol. The molecule has 3 fully saturated rings. The van der Waals surface area contributed by atoms with Gasteiger partial charge in [-0.15, -0.1) is 12.4 Å². The van der Waals surface area contributed by atoms with Crippen molar-refractivity contribution in [2.45, 2.75) is 45.2 Å². The highest BCUT2D eigenvalue weighted by Gasteiger charge is 2.38. The van der Waals surface area contributed by atoms with Crippen LogP contribution < -0.4 is 5.32 Å². The summed E-state index contributed by atoms with van der Waals surface area (Å²) in [7, 11) is 0. The average Bonchev–Trinajstić information content (AvgIpc) is 3.02. The highest BCUT2D eigenvalue weighted by atomic mass is 35.5. The third-order valence-corrected chi connectivity index (χ3v) is 6.56. The zero-order valence-electron chi connectivity index (χ0n) is 15.6. The molecule has 1 N–H and O–H groups in total. The van der Waals surface area contributed by atoms with Crippen molar-refractivity contribution in [1.29, 1.82) is 0 Å². The number of nitrogens with zero attached hydrogens (tertiary/aromatic N) is 2. The van der Waals surface area contributed by atoms with Gasteiger partial charge in [0.2, 0.25) is 0 Å². The Morgan fingerprint density at radius 3 is 2.76 bits per heavy atom. The summed E-state index contributed by atoms with van der Waals surface area (Å²) < 4.78 is 0. The third kappa shape index (κ3) is 4.57. The second kappa shape index (κ2) is 8.39. The minimum Gasteiger partial charge on any atom is -0.316 e. The number of rotatable bonds is 4. The third-order valence-electron chi connectivity index (χ3n) is 6.56. The van der Waals surface area contributed by atoms with E-state index in [0.717, 1.165) is 18.5 Å². The van der Waals surface area contributed by atoms with Crippen molar-refractivity contribution >= 4 is 12.4 Å². The van der Waals surface area contributed by atoms with Crippen molar-refractivity contribution in [3.8, 4) is 0 Å². The molecule has 4 rings (SSSR count). The first-order chi connectivity index (χ1) is 11.7. The molecule has 3 atom stereocenters. The quantitative estimate of drug-likeness (QED) is 0.884. The molecule has 3 aliphatic rings. The Labute approximate surface area is 159 Å². The smallest absolute Gasteiger partial charge is 0.0236 e. The van der Waals surface area contributed by atoms with Crippen molar-refractivity contribution in [1.82, 2.24) is 15.1 Å². The second-order valence-electron chi connectivity index (χ2n) is 8.69. The van der Waals surface area contributed by atoms with Gasteiger partial charge >= 0.3 is 0 Å². The Balaban J connectivity index is 0.00000182. The molecule has 0 aliphatic carbocycles. The first-order valence-corrected chi connectivity index (χ1v) is 9.93. The summed E-state index contributed by atoms with van der Waals surface area (Å²) in [6.45, 7) is 11.2. The molecule has 3 saturated heterocycles. The molecule has 0 radical (unpaired) electrons. The Morgan fingerprint density at radius 2 is 2.00 bits per heavy atom. The summed E-state index contributed by atoms with van der Waals surface area (Å²) in [5, 5.41) is 3.56. The standard InChI is InChI=1S/C21H33N3.ClH/c1-21(10-11-22-16-21)17-23-13-9-20-19(15-23)8-5-12-24(20)14-18-6-3-2-4-7-18;/h2-4,6-7,19-20,22H,5,8-17H2,1H3;1H. The fourth-order valence-corrected chi connectivity index (χ4v) is 5.28. The molecule has 3 heterocycles. The Kier molecular flexibility index (Phi) is 6.43. The summed E-state index contributed by atoms with van der Waals surface area (Å²) in [6.07, 6.45) is 5.51. The molecular weight excluding hydrogens is 330 g/mol. The zero-order valence-corrected chi connectivity index (χ0v) is 16.4. The highest BCUT2D eigenvalue weighted by Crippen LogP contribution is 2.34. The van der Waals surface area contributed by atoms with E-state index in [1.165, 1.54) is 70.5 Å². The predicted molar refractivity (Wildman–Crippen MR) is 107 cm³/mol. The van der Waals surface area contributed by atoms with Crippen molar-refractivity contribution in [3.63, 3.8) is 0 Å². The van der Waals surface area contributed by atoms with Gasteiger partial charge in [-0.05, 0) is 62.2 Å². The van der Waals surface area contributed by atoms with Crippen molar-refractivity contribution in [2.24, 2.45) is 11.3 Å². The molecule has 0 aromatic heterocycles. The van der Waals surface area contributed by atoms with Gasteiger partial charge in [-0.2, -0.15) is 0 Å². The van der Waals surface area contributed by atoms with E-state index >= 15 is 0 Å². The molecular formula is C21H34ClN3. The van der Waals surface area contributed by atoms with Gasteiger partial charge in [0.25, 0.3) is 0 Å². The number of hydrogen-bond donors (Lipinski definition) is 1. The van der Waals surface area contributed by atoms with Crippen LogP contribution in [0.3, 0.4) is 0 Å². The number of halogens is 1. The van der Waals surface area contributed by atoms with E-state index in [0.29, 0.717) is 5.41 Å². The van der Waals surface area contributed by atoms with Crippen molar-refractivity contribution in [2.75, 3.05) is 39.3 Å². The molecule has 3 aliphatic heterocycles. The van der Waals surface area contributed by atoms with E-state index in [2.05, 4.69) is 52.4 Å². The lowest BCUT2D eigenvalue weighted by molar-refractivity contribution is 0.00701. The fraction of sp³-hybridized carbons (Fsp3) is 0.714. The molecule has 0 spiro atoms. The van der Waals surface area contributed by atoms with E-state index in [9.17, 15) is 0 Å². The van der Waals surface area contributed by atoms with Crippen LogP contribution in [0, 0.1) is 11.3 Å². The minimum absolute atomic E-state index is 0. The predicted octanol–water partition coefficient (Wildman–Crippen LogP) is 3.39. The fourth-order valence-electron chi connectivity index (χ4n) is 5.28. The summed E-state index contributed by atoms with van der Waals surface area (Å²) in [5.41, 5.74) is 1.98. The van der Waals surface area contributed by atoms with Gasteiger partial charge in [-0.3, -0.25) is 4.90 Å². The van der Waals surface area contributed by atoms with Crippen molar-refractivity contribution < 1.29 is 0 Å². The number of benzene rings is 1. The lowest BCUT2D eigenvalue weighted by Gasteiger charge is -2.48. The van der Waals surface area contributed by atoms with E-state index < -0.39 is 0 Å². The number of fused-ring (bicyclic) bond motifs is 1. The van der Waals surface area contributed by atoms with Gasteiger partial charge in [0, 0.05) is 32.2 Å². The highest BCUT2D eigenvalue weighted by molar-refractivity contribution is 5.85. The molecule has 25 heavy (non-hydrogen) atoms. The molecule has 1 aromatic carbocycles. The topological polar surface area (TPSA) is 18.5 Å². The molecule has 3 nitrogen and oxygen atoms in total. The molecule has 1 aromatic rings. The van der Waals surface area contributed by atoms with Crippen LogP contribution in [0.15, 0.2) is 30.3 Å². The molecule has 4 heteroatoms. The zero-order chi connectivity index (χ0) is 16.4. The molecule has 0 amide bonds. The lowest BCUT2D eigenvalue weighted by Crippen LogP contribution is -2.55. The maximum absolute atomic E-state index is 3.56. The van der Waals surface area contributed by atoms with Gasteiger partial charge in [0.15, 0.2) is 0 Å². The van der Waals surface area contributed by atoms with Crippen LogP contribution in [0.2, 0.25) is 0 Å². The van der Waals surface area contributed by atoms with E-state index in [1.54, 1.807) is 0 Å². The Morgan fingerprint density at radius 1 is 1.16 bits per heavy atom. The molecule has 0 bridgehead atoms. The first-order valence-electron chi connectivity index (χ1n) is 9.93. The van der Waals surface area contributed by atoms with Gasteiger partial charge in [0.1, 0.15) is 0 Å². The summed E-state index contributed by atoms with van der Waals surface area (Å²) in [5.74, 6) is 0.883. The summed E-state index contributed by atoms with van der Waals surface area (Å²) in [4.78, 5) is 5.56. The SMILES string of the molecule is CC1(CN2CCC3C(CCCN3Cc3ccccc3)C2)CCNC1.Cl. The second-order valence-corrected chi connectivity index (χ2v) is 8.69. The Bertz CT molecular complexity index is 529. The minimum atomic E-state index is 0. The lowest BCUT2D eigenvalue weighted by atomic mass is 9.82. The number of nitrogens with one attached hydrogen (secondary N) is 1. The van der Waals surface area contributed by atoms with E-state index in [-0.39, 0.29) is 12.4 Å². The van der Waals surface area contributed by atoms with Gasteiger partial charge < -0.3 is 10.2 Å². The van der Waals surface area contributed by atoms with E-state index in [1.807, 2.05) is 0 Å². The maximum Gasteiger partial charge on any atom is 0.0236 e. The average molecular weight is 364 g/mol. The number of piperidine rings is 2. The molecule has 0 saturated carbocycles. The largest absolute Gasteiger partial charge is 0.316 e. The summed E-state index contributed by atoms with van der Waals surface area (Å²) in [6, 6.07) is 11.9. The van der Waals surface area contributed by atoms with E-state index in [4.69, 9.17) is 0 Å². The maximum atomic E-state index is 3.56. The van der Waals surface area contributed by atoms with Gasteiger partial charge in [-0.25, -0.2) is 0 Å². The molecule has 140 valence electrons. The van der Waals surface area contributed by atoms with Crippen LogP contribution in [-0.4, -0.2) is 55.1 Å². The van der Waals surface area contributed by atoms with Crippen LogP contribution >= 0.6 is 12.4 Å². The van der Waals surface area contributed by atoms with Crippen molar-refractivity contribution in [3.05, 3.63) is 35.9 Å². The van der Waals surface area contributed by atoms with Crippen LogP contribution in [0.4, 0.5) is 0 Å².